The molecule has 0 fully saturated rings. The molecule has 3 atom stereocenters. The summed E-state index contributed by atoms with van der Waals surface area (Å²) in [6.45, 7) is 6.55. The van der Waals surface area contributed by atoms with Crippen molar-refractivity contribution < 1.29 is 44.7 Å². The lowest BCUT2D eigenvalue weighted by molar-refractivity contribution is -0.149. The Balaban J connectivity index is 2.81. The SMILES string of the molecule is COc1ccc(S(=O)(=O)N(CC(C)C)CC(O)C(Cc2ccccc2)N(C(=O)CN(S(C)(=O)=O)S(C)(=O)=O)[C@H](C(N)=O)C(C)(C)C)cc1. The van der Waals surface area contributed by atoms with Gasteiger partial charge in [-0.15, -0.1) is 0 Å². The highest BCUT2D eigenvalue weighted by atomic mass is 32.3. The van der Waals surface area contributed by atoms with Gasteiger partial charge < -0.3 is 20.5 Å². The lowest BCUT2D eigenvalue weighted by Gasteiger charge is -2.45. The third-order valence-corrected chi connectivity index (χ3v) is 12.6. The number of ether oxygens (including phenoxy) is 1. The molecule has 0 spiro atoms. The number of sulfonamides is 3. The van der Waals surface area contributed by atoms with E-state index in [2.05, 4.69) is 0 Å². The number of carbonyl (C=O) groups is 2. The normalized spacial score (nSPS) is 14.9. The summed E-state index contributed by atoms with van der Waals surface area (Å²) in [5.41, 5.74) is 5.32. The Kier molecular flexibility index (Phi) is 13.8. The Morgan fingerprint density at radius 2 is 1.40 bits per heavy atom. The molecule has 0 heterocycles. The van der Waals surface area contributed by atoms with Crippen LogP contribution in [0, 0.1) is 11.3 Å². The topological polar surface area (TPSA) is 202 Å². The van der Waals surface area contributed by atoms with Gasteiger partial charge in [-0.1, -0.05) is 68.7 Å². The first kappa shape index (κ1) is 41.1. The standard InChI is InChI=1S/C31H48N4O10S3/c1-22(2)19-33(48(43,44)25-16-14-24(45-6)15-17-25)20-27(36)26(18-23-12-10-9-11-13-23)35(29(30(32)38)31(3,4)5)28(37)21-34(46(7,39)40)47(8,41)42/h9-17,22,26-27,29,36H,18-21H2,1-8H3,(H2,32,38)/t26?,27?,29-/m1/s1. The second kappa shape index (κ2) is 16.1. The zero-order valence-electron chi connectivity index (χ0n) is 28.6. The van der Waals surface area contributed by atoms with Crippen molar-refractivity contribution in [2.75, 3.05) is 39.3 Å². The highest BCUT2D eigenvalue weighted by molar-refractivity contribution is 8.03. The lowest BCUT2D eigenvalue weighted by Crippen LogP contribution is -2.64. The fourth-order valence-electron chi connectivity index (χ4n) is 5.35. The molecule has 0 saturated carbocycles. The average molecular weight is 733 g/mol. The van der Waals surface area contributed by atoms with Gasteiger partial charge in [-0.3, -0.25) is 9.59 Å². The summed E-state index contributed by atoms with van der Waals surface area (Å²) >= 11 is 0. The van der Waals surface area contributed by atoms with Gasteiger partial charge in [0.25, 0.3) is 0 Å². The highest BCUT2D eigenvalue weighted by Crippen LogP contribution is 2.30. The van der Waals surface area contributed by atoms with E-state index in [4.69, 9.17) is 10.5 Å². The number of hydrogen-bond donors (Lipinski definition) is 2. The summed E-state index contributed by atoms with van der Waals surface area (Å²) in [6, 6.07) is 11.3. The maximum Gasteiger partial charge on any atom is 0.243 e. The maximum absolute atomic E-state index is 14.2. The van der Waals surface area contributed by atoms with Crippen LogP contribution in [0.3, 0.4) is 0 Å². The van der Waals surface area contributed by atoms with Gasteiger partial charge in [0, 0.05) is 13.1 Å². The van der Waals surface area contributed by atoms with Crippen molar-refractivity contribution in [2.45, 2.75) is 64.1 Å². The van der Waals surface area contributed by atoms with Gasteiger partial charge >= 0.3 is 0 Å². The van der Waals surface area contributed by atoms with E-state index in [1.165, 1.54) is 31.4 Å². The first-order valence-corrected chi connectivity index (χ1v) is 20.2. The number of amides is 2. The minimum absolute atomic E-state index is 0.00120. The van der Waals surface area contributed by atoms with Crippen molar-refractivity contribution in [2.24, 2.45) is 17.1 Å². The molecule has 0 aliphatic rings. The van der Waals surface area contributed by atoms with E-state index in [0.717, 1.165) is 9.21 Å². The molecule has 3 N–H and O–H groups in total. The Morgan fingerprint density at radius 3 is 1.81 bits per heavy atom. The van der Waals surface area contributed by atoms with Crippen LogP contribution < -0.4 is 10.5 Å². The van der Waals surface area contributed by atoms with Crippen LogP contribution in [0.1, 0.15) is 40.2 Å². The number of benzene rings is 2. The first-order valence-electron chi connectivity index (χ1n) is 15.1. The maximum atomic E-state index is 14.2. The third-order valence-electron chi connectivity index (χ3n) is 7.41. The molecule has 14 nitrogen and oxygen atoms in total. The summed E-state index contributed by atoms with van der Waals surface area (Å²) in [5, 5.41) is 12.0. The fraction of sp³-hybridized carbons (Fsp3) is 0.548. The van der Waals surface area contributed by atoms with Gasteiger partial charge in [-0.2, -0.15) is 4.31 Å². The van der Waals surface area contributed by atoms with Gasteiger partial charge in [0.05, 0.1) is 36.7 Å². The Labute approximate surface area is 285 Å². The molecule has 2 aromatic rings. The second-order valence-corrected chi connectivity index (χ2v) is 19.1. The number of methoxy groups -OCH3 is 1. The van der Waals surface area contributed by atoms with Gasteiger partial charge in [0.2, 0.25) is 41.9 Å². The van der Waals surface area contributed by atoms with Crippen molar-refractivity contribution in [3.05, 3.63) is 60.2 Å². The lowest BCUT2D eigenvalue weighted by atomic mass is 9.83. The summed E-state index contributed by atoms with van der Waals surface area (Å²) in [7, 11) is -11.8. The minimum Gasteiger partial charge on any atom is -0.497 e. The minimum atomic E-state index is -4.50. The molecular formula is C31H48N4O10S3. The number of rotatable bonds is 17. The Morgan fingerprint density at radius 1 is 0.875 bits per heavy atom. The largest absolute Gasteiger partial charge is 0.497 e. The van der Waals surface area contributed by atoms with Gasteiger partial charge in [-0.25, -0.2) is 25.3 Å². The Bertz CT molecular complexity index is 1690. The predicted molar refractivity (Wildman–Crippen MR) is 182 cm³/mol. The smallest absolute Gasteiger partial charge is 0.243 e. The number of nitrogens with zero attached hydrogens (tertiary/aromatic N) is 3. The molecule has 0 aliphatic carbocycles. The number of primary amides is 1. The summed E-state index contributed by atoms with van der Waals surface area (Å²) in [6.07, 6.45) is -0.588. The zero-order valence-corrected chi connectivity index (χ0v) is 31.0. The van der Waals surface area contributed by atoms with E-state index in [9.17, 15) is 39.9 Å². The molecule has 0 aromatic heterocycles. The van der Waals surface area contributed by atoms with Crippen molar-refractivity contribution in [3.63, 3.8) is 0 Å². The van der Waals surface area contributed by atoms with Crippen LogP contribution in [0.5, 0.6) is 5.75 Å². The number of hydrogen-bond acceptors (Lipinski definition) is 10. The monoisotopic (exact) mass is 732 g/mol. The Hall–Kier alpha value is -3.09. The van der Waals surface area contributed by atoms with E-state index in [0.29, 0.717) is 23.8 Å². The third kappa shape index (κ3) is 11.0. The molecule has 270 valence electrons. The molecule has 0 saturated heterocycles. The van der Waals surface area contributed by atoms with Crippen LogP contribution in [0.2, 0.25) is 0 Å². The van der Waals surface area contributed by atoms with Crippen LogP contribution in [0.25, 0.3) is 0 Å². The van der Waals surface area contributed by atoms with Gasteiger partial charge in [0.1, 0.15) is 18.3 Å². The molecule has 17 heteroatoms. The van der Waals surface area contributed by atoms with Crippen molar-refractivity contribution in [3.8, 4) is 5.75 Å². The number of aliphatic hydroxyl groups is 1. The summed E-state index contributed by atoms with van der Waals surface area (Å²) in [5.74, 6) is -1.92. The van der Waals surface area contributed by atoms with Crippen molar-refractivity contribution in [1.29, 1.82) is 0 Å². The average Bonchev–Trinajstić information content (AvgIpc) is 2.95. The molecule has 2 unspecified atom stereocenters. The van der Waals surface area contributed by atoms with Crippen molar-refractivity contribution in [1.82, 2.24) is 12.9 Å². The second-order valence-electron chi connectivity index (χ2n) is 13.1. The fourth-order valence-corrected chi connectivity index (χ4v) is 9.63. The van der Waals surface area contributed by atoms with E-state index < -0.39 is 78.6 Å². The van der Waals surface area contributed by atoms with Crippen LogP contribution in [0.4, 0.5) is 0 Å². The van der Waals surface area contributed by atoms with Crippen LogP contribution >= 0.6 is 0 Å². The quantitative estimate of drug-likeness (QED) is 0.239. The van der Waals surface area contributed by atoms with Crippen LogP contribution in [0.15, 0.2) is 59.5 Å². The zero-order chi connectivity index (χ0) is 36.8. The van der Waals surface area contributed by atoms with Crippen LogP contribution in [-0.4, -0.2) is 113 Å². The molecular weight excluding hydrogens is 685 g/mol. The molecule has 2 amide bonds. The van der Waals surface area contributed by atoms with Gasteiger partial charge in [-0.05, 0) is 47.6 Å². The number of nitrogens with two attached hydrogens (primary N) is 1. The van der Waals surface area contributed by atoms with Crippen LogP contribution in [-0.2, 0) is 46.1 Å². The molecule has 2 rings (SSSR count). The molecule has 2 aromatic carbocycles. The van der Waals surface area contributed by atoms with E-state index in [1.54, 1.807) is 65.0 Å². The van der Waals surface area contributed by atoms with Gasteiger partial charge in [0.15, 0.2) is 0 Å². The summed E-state index contributed by atoms with van der Waals surface area (Å²) < 4.78 is 84.2. The van der Waals surface area contributed by atoms with E-state index >= 15 is 0 Å². The van der Waals surface area contributed by atoms with E-state index in [-0.39, 0.29) is 27.5 Å². The van der Waals surface area contributed by atoms with E-state index in [1.807, 2.05) is 0 Å². The summed E-state index contributed by atoms with van der Waals surface area (Å²) in [4.78, 5) is 28.1. The molecule has 48 heavy (non-hydrogen) atoms. The molecule has 0 bridgehead atoms. The predicted octanol–water partition coefficient (Wildman–Crippen LogP) is 1.26. The molecule has 0 aliphatic heterocycles. The molecule has 0 radical (unpaired) electrons. The van der Waals surface area contributed by atoms with Crippen molar-refractivity contribution >= 4 is 41.9 Å². The number of aliphatic hydroxyl groups excluding tert-OH is 1. The highest BCUT2D eigenvalue weighted by Gasteiger charge is 2.46. The first-order chi connectivity index (χ1) is 21.9. The number of carbonyl (C=O) groups excluding carboxylic acids is 2.